The molecule has 3 atom stereocenters. The van der Waals surface area contributed by atoms with Crippen molar-refractivity contribution in [3.8, 4) is 11.1 Å². The van der Waals surface area contributed by atoms with Crippen molar-refractivity contribution in [2.24, 2.45) is 0 Å². The van der Waals surface area contributed by atoms with Crippen molar-refractivity contribution in [3.05, 3.63) is 77.4 Å². The van der Waals surface area contributed by atoms with Crippen LogP contribution >= 0.6 is 0 Å². The molecule has 3 aromatic rings. The van der Waals surface area contributed by atoms with Gasteiger partial charge in [0.25, 0.3) is 5.91 Å². The fourth-order valence-electron chi connectivity index (χ4n) is 5.74. The number of amides is 4. The Morgan fingerprint density at radius 1 is 1.11 bits per heavy atom. The summed E-state index contributed by atoms with van der Waals surface area (Å²) in [6.45, 7) is 4.34. The first kappa shape index (κ1) is 33.6. The summed E-state index contributed by atoms with van der Waals surface area (Å²) in [5, 5.41) is 17.7. The summed E-state index contributed by atoms with van der Waals surface area (Å²) >= 11 is 0. The summed E-state index contributed by atoms with van der Waals surface area (Å²) in [4.78, 5) is 53.4. The van der Waals surface area contributed by atoms with Crippen LogP contribution in [0.25, 0.3) is 11.1 Å². The number of aliphatic hydroxyl groups excluding tert-OH is 1. The topological polar surface area (TPSA) is 134 Å². The third-order valence-electron chi connectivity index (χ3n) is 8.04. The number of imide groups is 1. The van der Waals surface area contributed by atoms with Crippen molar-refractivity contribution in [1.29, 1.82) is 0 Å². The van der Waals surface area contributed by atoms with E-state index in [9.17, 15) is 41.8 Å². The molecule has 250 valence electrons. The van der Waals surface area contributed by atoms with Crippen LogP contribution in [0.15, 0.2) is 54.9 Å². The number of hydrogen-bond donors (Lipinski definition) is 2. The number of rotatable bonds is 8. The first-order valence-corrected chi connectivity index (χ1v) is 14.7. The lowest BCUT2D eigenvalue weighted by Gasteiger charge is -2.32. The van der Waals surface area contributed by atoms with Crippen molar-refractivity contribution >= 4 is 23.8 Å². The number of hydrogen-bond acceptors (Lipinski definition) is 7. The fraction of sp³-hybridized carbons (Fsp3) is 0.406. The van der Waals surface area contributed by atoms with Crippen LogP contribution in [0.5, 0.6) is 0 Å². The second-order valence-corrected chi connectivity index (χ2v) is 12.6. The van der Waals surface area contributed by atoms with Gasteiger partial charge in [0.1, 0.15) is 36.1 Å². The quantitative estimate of drug-likeness (QED) is 0.211. The number of urea groups is 1. The van der Waals surface area contributed by atoms with Crippen LogP contribution in [0.2, 0.25) is 0 Å². The minimum absolute atomic E-state index is 0.133. The lowest BCUT2D eigenvalue weighted by molar-refractivity contribution is -0.187. The Kier molecular flexibility index (Phi) is 8.64. The molecule has 2 N–H and O–H groups in total. The van der Waals surface area contributed by atoms with E-state index in [0.29, 0.717) is 26.5 Å². The van der Waals surface area contributed by atoms with Gasteiger partial charge in [0.15, 0.2) is 0 Å². The first-order valence-electron chi connectivity index (χ1n) is 14.7. The van der Waals surface area contributed by atoms with Crippen LogP contribution in [0, 0.1) is 5.82 Å². The number of benzene rings is 2. The second-order valence-electron chi connectivity index (χ2n) is 12.6. The summed E-state index contributed by atoms with van der Waals surface area (Å²) in [6, 6.07) is 6.07. The molecule has 0 radical (unpaired) electrons. The summed E-state index contributed by atoms with van der Waals surface area (Å²) in [7, 11) is 0. The Morgan fingerprint density at radius 3 is 2.43 bits per heavy atom. The summed E-state index contributed by atoms with van der Waals surface area (Å²) < 4.78 is 61.3. The molecule has 4 amide bonds. The van der Waals surface area contributed by atoms with Crippen molar-refractivity contribution < 1.29 is 46.6 Å². The molecule has 0 saturated carbocycles. The molecule has 15 heteroatoms. The molecule has 1 fully saturated rings. The number of carbonyl (C=O) groups is 4. The smallest absolute Gasteiger partial charge is 0.408 e. The summed E-state index contributed by atoms with van der Waals surface area (Å²) in [6.07, 6.45) is -3.18. The van der Waals surface area contributed by atoms with Crippen LogP contribution in [-0.2, 0) is 37.7 Å². The van der Waals surface area contributed by atoms with E-state index in [1.165, 1.54) is 23.0 Å². The largest absolute Gasteiger partial charge is 0.459 e. The van der Waals surface area contributed by atoms with E-state index in [4.69, 9.17) is 4.74 Å². The number of nitrogens with one attached hydrogen (secondary N) is 1. The number of fused-ring (bicyclic) bond motifs is 2. The van der Waals surface area contributed by atoms with Gasteiger partial charge >= 0.3 is 18.2 Å². The van der Waals surface area contributed by atoms with E-state index in [1.807, 2.05) is 0 Å². The number of esters is 1. The van der Waals surface area contributed by atoms with Crippen LogP contribution in [0.4, 0.5) is 22.4 Å². The molecule has 2 aliphatic rings. The monoisotopic (exact) mass is 659 g/mol. The predicted octanol–water partition coefficient (Wildman–Crippen LogP) is 4.19. The average molecular weight is 660 g/mol. The average Bonchev–Trinajstić information content (AvgIpc) is 3.61. The van der Waals surface area contributed by atoms with E-state index in [0.717, 1.165) is 19.1 Å². The fourth-order valence-corrected chi connectivity index (χ4v) is 5.74. The summed E-state index contributed by atoms with van der Waals surface area (Å²) in [5.41, 5.74) is -0.412. The van der Waals surface area contributed by atoms with Gasteiger partial charge in [0, 0.05) is 24.7 Å². The lowest BCUT2D eigenvalue weighted by Crippen LogP contribution is -2.51. The first-order chi connectivity index (χ1) is 21.9. The maximum absolute atomic E-state index is 13.8. The van der Waals surface area contributed by atoms with Gasteiger partial charge in [0.05, 0.1) is 12.3 Å². The minimum Gasteiger partial charge on any atom is -0.459 e. The molecule has 0 unspecified atom stereocenters. The van der Waals surface area contributed by atoms with Crippen LogP contribution < -0.4 is 5.32 Å². The number of halogens is 4. The predicted molar refractivity (Wildman–Crippen MR) is 157 cm³/mol. The molecule has 1 spiro atoms. The molecule has 1 aromatic heterocycles. The highest BCUT2D eigenvalue weighted by Crippen LogP contribution is 2.47. The zero-order valence-electron chi connectivity index (χ0n) is 26.0. The van der Waals surface area contributed by atoms with Gasteiger partial charge in [0.2, 0.25) is 5.91 Å². The molecule has 47 heavy (non-hydrogen) atoms. The Balaban J connectivity index is 1.36. The van der Waals surface area contributed by atoms with Gasteiger partial charge in [-0.15, -0.1) is 0 Å². The molecular formula is C32H33F4N5O6. The zero-order chi connectivity index (χ0) is 34.5. The van der Waals surface area contributed by atoms with Gasteiger partial charge in [-0.1, -0.05) is 24.3 Å². The van der Waals surface area contributed by atoms with Crippen molar-refractivity contribution in [1.82, 2.24) is 24.9 Å². The van der Waals surface area contributed by atoms with Gasteiger partial charge in [-0.05, 0) is 68.1 Å². The highest BCUT2D eigenvalue weighted by molar-refractivity contribution is 6.10. The van der Waals surface area contributed by atoms with Crippen LogP contribution in [-0.4, -0.2) is 72.9 Å². The summed E-state index contributed by atoms with van der Waals surface area (Å²) in [5.74, 6) is -3.15. The van der Waals surface area contributed by atoms with E-state index in [1.54, 1.807) is 45.2 Å². The van der Waals surface area contributed by atoms with Gasteiger partial charge < -0.3 is 20.1 Å². The number of ether oxygens (including phenoxy) is 1. The molecule has 11 nitrogen and oxygen atoms in total. The number of nitrogens with zero attached hydrogens (tertiary/aromatic N) is 4. The highest BCUT2D eigenvalue weighted by atomic mass is 19.4. The van der Waals surface area contributed by atoms with Gasteiger partial charge in [-0.2, -0.15) is 18.3 Å². The molecular weight excluding hydrogens is 626 g/mol. The van der Waals surface area contributed by atoms with Crippen LogP contribution in [0.3, 0.4) is 0 Å². The Morgan fingerprint density at radius 2 is 1.79 bits per heavy atom. The van der Waals surface area contributed by atoms with Gasteiger partial charge in [-0.3, -0.25) is 24.0 Å². The maximum Gasteiger partial charge on any atom is 0.408 e. The minimum atomic E-state index is -4.83. The van der Waals surface area contributed by atoms with Gasteiger partial charge in [-0.25, -0.2) is 9.18 Å². The number of carbonyl (C=O) groups excluding carboxylic acids is 4. The Labute approximate surface area is 267 Å². The molecule has 5 rings (SSSR count). The van der Waals surface area contributed by atoms with E-state index >= 15 is 0 Å². The third kappa shape index (κ3) is 6.84. The Hall–Kier alpha value is -4.79. The Bertz CT molecular complexity index is 1720. The van der Waals surface area contributed by atoms with E-state index < -0.39 is 72.2 Å². The van der Waals surface area contributed by atoms with E-state index in [2.05, 4.69) is 10.4 Å². The molecule has 2 aromatic carbocycles. The lowest BCUT2D eigenvalue weighted by atomic mass is 9.90. The molecule has 1 saturated heterocycles. The third-order valence-corrected chi connectivity index (χ3v) is 8.04. The highest BCUT2D eigenvalue weighted by Gasteiger charge is 2.58. The van der Waals surface area contributed by atoms with Crippen molar-refractivity contribution in [2.75, 3.05) is 6.54 Å². The second kappa shape index (κ2) is 12.1. The van der Waals surface area contributed by atoms with Crippen molar-refractivity contribution in [2.45, 2.75) is 76.7 Å². The molecule has 2 heterocycles. The molecule has 1 aliphatic carbocycles. The SMILES string of the molecule is C[C@H](N(Cc1ccc(F)cc1)C(=O)CN1C(=O)N[C@]2(C[C@H](O)c3cc(-c4cnn(CC(=O)OC(C)(C)C)c4)ccc32)C1=O)C(F)(F)F. The number of alkyl halides is 3. The van der Waals surface area contributed by atoms with Crippen LogP contribution in [0.1, 0.15) is 56.9 Å². The number of aromatic nitrogens is 2. The number of aliphatic hydroxyl groups is 1. The molecule has 0 bridgehead atoms. The molecule has 1 aliphatic heterocycles. The standard InChI is InChI=1S/C32H33F4N5O6/c1-18(32(34,35)36)40(14-19-5-8-22(33)9-6-19)26(43)16-41-28(45)31(38-29(41)46)12-25(42)23-11-20(7-10-24(23)31)21-13-37-39(15-21)17-27(44)47-30(2,3)4/h5-11,13,15,18,25,42H,12,14,16-17H2,1-4H3,(H,38,46)/t18-,25-,31-/m0/s1. The zero-order valence-corrected chi connectivity index (χ0v) is 26.0. The normalized spacial score (nSPS) is 19.9. The van der Waals surface area contributed by atoms with E-state index in [-0.39, 0.29) is 24.1 Å². The maximum atomic E-state index is 13.8. The van der Waals surface area contributed by atoms with Crippen molar-refractivity contribution in [3.63, 3.8) is 0 Å².